The number of nitrogens with one attached hydrogen (secondary N) is 1. The molecule has 0 spiro atoms. The topological polar surface area (TPSA) is 101 Å². The Bertz CT molecular complexity index is 1970. The molecule has 1 fully saturated rings. The number of pyridine rings is 1. The molecule has 8 nitrogen and oxygen atoms in total. The average Bonchev–Trinajstić information content (AvgIpc) is 3.79. The number of fused-ring (bicyclic) bond motifs is 3. The van der Waals surface area contributed by atoms with Crippen molar-refractivity contribution in [1.82, 2.24) is 25.4 Å². The summed E-state index contributed by atoms with van der Waals surface area (Å²) in [5.74, 6) is -2.23. The predicted molar refractivity (Wildman–Crippen MR) is 165 cm³/mol. The number of amides is 2. The third-order valence-electron chi connectivity index (χ3n) is 8.41. The van der Waals surface area contributed by atoms with Gasteiger partial charge in [-0.1, -0.05) is 18.2 Å². The van der Waals surface area contributed by atoms with Crippen molar-refractivity contribution in [3.8, 4) is 21.9 Å². The second-order valence-electron chi connectivity index (χ2n) is 11.4. The lowest BCUT2D eigenvalue weighted by Gasteiger charge is -2.29. The Labute approximate surface area is 266 Å². The monoisotopic (exact) mass is 643 g/mol. The lowest BCUT2D eigenvalue weighted by atomic mass is 9.92. The van der Waals surface area contributed by atoms with Crippen LogP contribution in [-0.2, 0) is 19.4 Å². The van der Waals surface area contributed by atoms with E-state index in [1.165, 1.54) is 29.5 Å². The van der Waals surface area contributed by atoms with Crippen LogP contribution in [0.1, 0.15) is 73.7 Å². The Balaban J connectivity index is 1.31. The maximum Gasteiger partial charge on any atom is 0.261 e. The van der Waals surface area contributed by atoms with E-state index < -0.39 is 17.5 Å². The minimum Gasteiger partial charge on any atom is -0.421 e. The van der Waals surface area contributed by atoms with E-state index >= 15 is 0 Å². The van der Waals surface area contributed by atoms with Crippen molar-refractivity contribution in [2.45, 2.75) is 51.6 Å². The van der Waals surface area contributed by atoms with Crippen molar-refractivity contribution in [2.24, 2.45) is 0 Å². The summed E-state index contributed by atoms with van der Waals surface area (Å²) in [6, 6.07) is 13.1. The normalized spacial score (nSPS) is 15.6. The van der Waals surface area contributed by atoms with Crippen LogP contribution in [0.2, 0.25) is 0 Å². The van der Waals surface area contributed by atoms with Crippen LogP contribution in [0, 0.1) is 24.4 Å². The fourth-order valence-corrected chi connectivity index (χ4v) is 7.18. The highest BCUT2D eigenvalue weighted by molar-refractivity contribution is 7.17. The van der Waals surface area contributed by atoms with E-state index in [0.29, 0.717) is 68.7 Å². The van der Waals surface area contributed by atoms with E-state index in [0.717, 1.165) is 37.0 Å². The molecule has 0 radical (unpaired) electrons. The fraction of sp³-hybridized carbons (Fsp3) is 0.265. The maximum atomic E-state index is 14.0. The van der Waals surface area contributed by atoms with Crippen molar-refractivity contribution in [2.75, 3.05) is 6.54 Å². The molecule has 1 unspecified atom stereocenters. The molecule has 2 aliphatic rings. The van der Waals surface area contributed by atoms with E-state index in [1.54, 1.807) is 31.2 Å². The first-order chi connectivity index (χ1) is 22.3. The van der Waals surface area contributed by atoms with Gasteiger partial charge in [0.15, 0.2) is 11.6 Å². The molecule has 46 heavy (non-hydrogen) atoms. The molecule has 5 heterocycles. The molecule has 2 amide bonds. The first-order valence-electron chi connectivity index (χ1n) is 15.0. The first kappa shape index (κ1) is 29.8. The second kappa shape index (κ2) is 12.2. The van der Waals surface area contributed by atoms with Crippen LogP contribution in [0.25, 0.3) is 21.9 Å². The van der Waals surface area contributed by atoms with Gasteiger partial charge in [-0.3, -0.25) is 14.6 Å². The highest BCUT2D eigenvalue weighted by Gasteiger charge is 2.43. The highest BCUT2D eigenvalue weighted by Crippen LogP contribution is 2.48. The SMILES string of the molecule is Cc1nnc(-c2c(CCc3ccc(F)cc3)nc3c(c2-c2ccc(C(=O)NCc4ccc(F)c(F)c4)s2)C(=O)N2CCCCC32)o1. The van der Waals surface area contributed by atoms with Crippen LogP contribution in [0.15, 0.2) is 59.0 Å². The zero-order chi connectivity index (χ0) is 31.9. The number of thiophene rings is 1. The third kappa shape index (κ3) is 5.57. The van der Waals surface area contributed by atoms with Gasteiger partial charge in [-0.15, -0.1) is 21.5 Å². The molecular weight excluding hydrogens is 615 g/mol. The Morgan fingerprint density at radius 2 is 1.76 bits per heavy atom. The number of carbonyl (C=O) groups is 2. The van der Waals surface area contributed by atoms with Gasteiger partial charge in [0.2, 0.25) is 11.8 Å². The van der Waals surface area contributed by atoms with Crippen molar-refractivity contribution in [3.63, 3.8) is 0 Å². The number of rotatable bonds is 8. The molecule has 12 heteroatoms. The van der Waals surface area contributed by atoms with Gasteiger partial charge in [-0.05, 0) is 79.6 Å². The van der Waals surface area contributed by atoms with Gasteiger partial charge in [0, 0.05) is 30.5 Å². The molecule has 1 saturated heterocycles. The lowest BCUT2D eigenvalue weighted by molar-refractivity contribution is 0.0670. The van der Waals surface area contributed by atoms with E-state index in [4.69, 9.17) is 9.40 Å². The van der Waals surface area contributed by atoms with Gasteiger partial charge in [-0.25, -0.2) is 13.2 Å². The smallest absolute Gasteiger partial charge is 0.261 e. The first-order valence-corrected chi connectivity index (χ1v) is 15.8. The highest BCUT2D eigenvalue weighted by atomic mass is 32.1. The van der Waals surface area contributed by atoms with Gasteiger partial charge < -0.3 is 14.6 Å². The molecule has 0 saturated carbocycles. The van der Waals surface area contributed by atoms with Crippen molar-refractivity contribution in [1.29, 1.82) is 0 Å². The molecule has 5 aromatic rings. The number of carbonyl (C=O) groups excluding carboxylic acids is 2. The Morgan fingerprint density at radius 3 is 2.52 bits per heavy atom. The van der Waals surface area contributed by atoms with Gasteiger partial charge >= 0.3 is 0 Å². The zero-order valence-corrected chi connectivity index (χ0v) is 25.6. The summed E-state index contributed by atoms with van der Waals surface area (Å²) in [6.45, 7) is 2.31. The number of benzene rings is 2. The number of aryl methyl sites for hydroxylation is 3. The molecule has 2 aromatic carbocycles. The van der Waals surface area contributed by atoms with Crippen LogP contribution in [-0.4, -0.2) is 38.4 Å². The summed E-state index contributed by atoms with van der Waals surface area (Å²) < 4.78 is 46.6. The van der Waals surface area contributed by atoms with E-state index in [-0.39, 0.29) is 30.2 Å². The van der Waals surface area contributed by atoms with Crippen LogP contribution in [0.3, 0.4) is 0 Å². The Kier molecular flexibility index (Phi) is 7.89. The van der Waals surface area contributed by atoms with Crippen molar-refractivity contribution >= 4 is 23.2 Å². The Morgan fingerprint density at radius 1 is 0.957 bits per heavy atom. The van der Waals surface area contributed by atoms with Crippen molar-refractivity contribution in [3.05, 3.63) is 111 Å². The summed E-state index contributed by atoms with van der Waals surface area (Å²) in [7, 11) is 0. The number of hydrogen-bond acceptors (Lipinski definition) is 7. The molecule has 3 aromatic heterocycles. The van der Waals surface area contributed by atoms with Gasteiger partial charge in [0.25, 0.3) is 11.8 Å². The molecular formula is C34H28F3N5O3S. The van der Waals surface area contributed by atoms with Gasteiger partial charge in [0.05, 0.1) is 33.4 Å². The number of nitrogens with zero attached hydrogens (tertiary/aromatic N) is 4. The molecule has 1 N–H and O–H groups in total. The minimum absolute atomic E-state index is 0.00307. The quantitative estimate of drug-likeness (QED) is 0.196. The zero-order valence-electron chi connectivity index (χ0n) is 24.8. The predicted octanol–water partition coefficient (Wildman–Crippen LogP) is 6.98. The number of aromatic nitrogens is 3. The molecule has 7 rings (SSSR count). The second-order valence-corrected chi connectivity index (χ2v) is 12.5. The maximum absolute atomic E-state index is 14.0. The van der Waals surface area contributed by atoms with E-state index in [2.05, 4.69) is 15.5 Å². The van der Waals surface area contributed by atoms with Gasteiger partial charge in [-0.2, -0.15) is 0 Å². The average molecular weight is 644 g/mol. The summed E-state index contributed by atoms with van der Waals surface area (Å²) in [4.78, 5) is 35.3. The Hall–Kier alpha value is -4.84. The van der Waals surface area contributed by atoms with Crippen LogP contribution in [0.4, 0.5) is 13.2 Å². The molecule has 2 aliphatic heterocycles. The molecule has 0 bridgehead atoms. The van der Waals surface area contributed by atoms with Crippen LogP contribution < -0.4 is 5.32 Å². The largest absolute Gasteiger partial charge is 0.421 e. The van der Waals surface area contributed by atoms with Crippen molar-refractivity contribution < 1.29 is 27.2 Å². The molecule has 0 aliphatic carbocycles. The van der Waals surface area contributed by atoms with E-state index in [1.807, 2.05) is 4.90 Å². The fourth-order valence-electron chi connectivity index (χ4n) is 6.20. The summed E-state index contributed by atoms with van der Waals surface area (Å²) in [6.07, 6.45) is 3.68. The molecule has 234 valence electrons. The van der Waals surface area contributed by atoms with Crippen LogP contribution in [0.5, 0.6) is 0 Å². The van der Waals surface area contributed by atoms with Gasteiger partial charge in [0.1, 0.15) is 5.82 Å². The summed E-state index contributed by atoms with van der Waals surface area (Å²) in [5.41, 5.74) is 4.30. The minimum atomic E-state index is -0.989. The summed E-state index contributed by atoms with van der Waals surface area (Å²) in [5, 5.41) is 11.1. The lowest BCUT2D eigenvalue weighted by Crippen LogP contribution is -2.32. The number of halogens is 3. The standard InChI is InChI=1S/C34H28F3N5O3S/c1-18-40-41-33(45-18)28-24(12-8-19-5-9-21(35)10-6-19)39-31-25-4-2-3-15-42(25)34(44)30(31)29(28)26-13-14-27(46-26)32(43)38-17-20-7-11-22(36)23(37)16-20/h5-7,9-11,13-14,16,25H,2-4,8,12,15,17H2,1H3,(H,38,43). The van der Waals surface area contributed by atoms with E-state index in [9.17, 15) is 22.8 Å². The number of piperidine rings is 1. The van der Waals surface area contributed by atoms with Crippen LogP contribution >= 0.6 is 11.3 Å². The molecule has 1 atom stereocenters. The third-order valence-corrected chi connectivity index (χ3v) is 9.51. The summed E-state index contributed by atoms with van der Waals surface area (Å²) >= 11 is 1.20. The number of hydrogen-bond donors (Lipinski definition) is 1.